The van der Waals surface area contributed by atoms with E-state index in [1.54, 1.807) is 0 Å². The molecule has 0 fully saturated rings. The number of rotatable bonds is 20. The molecule has 0 aliphatic carbocycles. The number of aliphatic hydroxyl groups excluding tert-OH is 1. The summed E-state index contributed by atoms with van der Waals surface area (Å²) >= 11 is 0. The summed E-state index contributed by atoms with van der Waals surface area (Å²) in [4.78, 5) is 10.4. The van der Waals surface area contributed by atoms with E-state index in [1.807, 2.05) is 0 Å². The van der Waals surface area contributed by atoms with Gasteiger partial charge in [-0.15, -0.1) is 0 Å². The molecule has 0 heterocycles. The number of hydrogen-bond acceptors (Lipinski definition) is 2. The summed E-state index contributed by atoms with van der Waals surface area (Å²) in [5.41, 5.74) is 0. The Labute approximate surface area is 156 Å². The van der Waals surface area contributed by atoms with E-state index in [4.69, 9.17) is 5.11 Å². The van der Waals surface area contributed by atoms with Crippen LogP contribution in [0, 0.1) is 0 Å². The molecule has 0 saturated carbocycles. The largest absolute Gasteiger partial charge is 0.481 e. The Hall–Kier alpha value is -0.570. The van der Waals surface area contributed by atoms with Gasteiger partial charge in [-0.1, -0.05) is 116 Å². The minimum Gasteiger partial charge on any atom is -0.481 e. The first-order chi connectivity index (χ1) is 12.2. The number of carboxylic acids is 1. The van der Waals surface area contributed by atoms with Gasteiger partial charge in [0.2, 0.25) is 0 Å². The first-order valence-electron chi connectivity index (χ1n) is 11.1. The molecule has 0 aliphatic rings. The summed E-state index contributed by atoms with van der Waals surface area (Å²) < 4.78 is 0. The summed E-state index contributed by atoms with van der Waals surface area (Å²) in [6.45, 7) is 2.27. The molecule has 0 spiro atoms. The van der Waals surface area contributed by atoms with Crippen molar-refractivity contribution in [2.24, 2.45) is 0 Å². The summed E-state index contributed by atoms with van der Waals surface area (Å²) in [6, 6.07) is 0. The predicted molar refractivity (Wildman–Crippen MR) is 107 cm³/mol. The van der Waals surface area contributed by atoms with Crippen molar-refractivity contribution < 1.29 is 15.0 Å². The molecule has 0 bridgehead atoms. The lowest BCUT2D eigenvalue weighted by molar-refractivity contribution is -0.139. The van der Waals surface area contributed by atoms with Crippen molar-refractivity contribution in [1.82, 2.24) is 0 Å². The number of carbonyl (C=O) groups is 1. The van der Waals surface area contributed by atoms with Crippen LogP contribution in [0.1, 0.15) is 129 Å². The van der Waals surface area contributed by atoms with Crippen LogP contribution in [-0.2, 0) is 4.79 Å². The van der Waals surface area contributed by atoms with Crippen molar-refractivity contribution in [3.63, 3.8) is 0 Å². The van der Waals surface area contributed by atoms with Gasteiger partial charge >= 0.3 is 5.97 Å². The van der Waals surface area contributed by atoms with Crippen molar-refractivity contribution in [1.29, 1.82) is 0 Å². The van der Waals surface area contributed by atoms with Gasteiger partial charge in [0, 0.05) is 0 Å². The van der Waals surface area contributed by atoms with Crippen LogP contribution in [0.3, 0.4) is 0 Å². The van der Waals surface area contributed by atoms with E-state index in [0.29, 0.717) is 6.42 Å². The highest BCUT2D eigenvalue weighted by Gasteiger charge is 2.08. The molecule has 3 heteroatoms. The zero-order valence-corrected chi connectivity index (χ0v) is 16.8. The number of carboxylic acid groups (broad SMARTS) is 1. The van der Waals surface area contributed by atoms with Crippen LogP contribution in [-0.4, -0.2) is 22.3 Å². The fourth-order valence-electron chi connectivity index (χ4n) is 3.41. The van der Waals surface area contributed by atoms with Gasteiger partial charge in [0.15, 0.2) is 0 Å². The topological polar surface area (TPSA) is 57.5 Å². The Kier molecular flexibility index (Phi) is 19.3. The van der Waals surface area contributed by atoms with Gasteiger partial charge in [-0.2, -0.15) is 0 Å². The van der Waals surface area contributed by atoms with Gasteiger partial charge in [-0.05, 0) is 6.42 Å². The van der Waals surface area contributed by atoms with Crippen molar-refractivity contribution in [3.05, 3.63) is 0 Å². The molecule has 0 unspecified atom stereocenters. The molecule has 0 saturated heterocycles. The average Bonchev–Trinajstić information content (AvgIpc) is 2.57. The van der Waals surface area contributed by atoms with Gasteiger partial charge in [-0.3, -0.25) is 4.79 Å². The Morgan fingerprint density at radius 3 is 1.28 bits per heavy atom. The Bertz CT molecular complexity index is 278. The van der Waals surface area contributed by atoms with E-state index < -0.39 is 12.1 Å². The van der Waals surface area contributed by atoms with Crippen molar-refractivity contribution in [3.8, 4) is 0 Å². The van der Waals surface area contributed by atoms with Crippen LogP contribution >= 0.6 is 0 Å². The van der Waals surface area contributed by atoms with Gasteiger partial charge in [0.05, 0.1) is 12.5 Å². The highest BCUT2D eigenvalue weighted by Crippen LogP contribution is 2.14. The van der Waals surface area contributed by atoms with Crippen LogP contribution in [0.2, 0.25) is 0 Å². The molecule has 1 atom stereocenters. The zero-order valence-electron chi connectivity index (χ0n) is 16.8. The highest BCUT2D eigenvalue weighted by molar-refractivity contribution is 5.67. The molecule has 3 nitrogen and oxygen atoms in total. The summed E-state index contributed by atoms with van der Waals surface area (Å²) in [6.07, 6.45) is 22.7. The van der Waals surface area contributed by atoms with Gasteiger partial charge < -0.3 is 10.2 Å². The number of aliphatic hydroxyl groups is 1. The third-order valence-electron chi connectivity index (χ3n) is 5.05. The van der Waals surface area contributed by atoms with E-state index >= 15 is 0 Å². The molecule has 150 valence electrons. The first kappa shape index (κ1) is 24.4. The second kappa shape index (κ2) is 19.8. The summed E-state index contributed by atoms with van der Waals surface area (Å²) in [7, 11) is 0. The van der Waals surface area contributed by atoms with Crippen LogP contribution < -0.4 is 0 Å². The molecule has 0 aromatic heterocycles. The SMILES string of the molecule is CCCCCCCCCCCCCCCCCCC[C@@H](O)CC(=O)O. The second-order valence-corrected chi connectivity index (χ2v) is 7.70. The Balaban J connectivity index is 3.06. The lowest BCUT2D eigenvalue weighted by atomic mass is 10.0. The van der Waals surface area contributed by atoms with Crippen LogP contribution in [0.4, 0.5) is 0 Å². The molecule has 0 aromatic rings. The zero-order chi connectivity index (χ0) is 18.6. The summed E-state index contributed by atoms with van der Waals surface area (Å²) in [5, 5.41) is 18.0. The fourth-order valence-corrected chi connectivity index (χ4v) is 3.41. The number of aliphatic carboxylic acids is 1. The maximum Gasteiger partial charge on any atom is 0.305 e. The number of unbranched alkanes of at least 4 members (excludes halogenated alkanes) is 16. The van der Waals surface area contributed by atoms with Crippen LogP contribution in [0.5, 0.6) is 0 Å². The smallest absolute Gasteiger partial charge is 0.305 e. The van der Waals surface area contributed by atoms with E-state index in [0.717, 1.165) is 12.8 Å². The third-order valence-corrected chi connectivity index (χ3v) is 5.05. The molecule has 2 N–H and O–H groups in total. The molecule has 25 heavy (non-hydrogen) atoms. The quantitative estimate of drug-likeness (QED) is 0.234. The van der Waals surface area contributed by atoms with Gasteiger partial charge in [0.1, 0.15) is 0 Å². The van der Waals surface area contributed by atoms with E-state index in [9.17, 15) is 9.90 Å². The van der Waals surface area contributed by atoms with E-state index in [1.165, 1.54) is 96.3 Å². The molecule has 0 aromatic carbocycles. The average molecular weight is 357 g/mol. The first-order valence-corrected chi connectivity index (χ1v) is 11.1. The van der Waals surface area contributed by atoms with Gasteiger partial charge in [0.25, 0.3) is 0 Å². The van der Waals surface area contributed by atoms with Gasteiger partial charge in [-0.25, -0.2) is 0 Å². The van der Waals surface area contributed by atoms with Crippen molar-refractivity contribution >= 4 is 5.97 Å². The molecular weight excluding hydrogens is 312 g/mol. The lowest BCUT2D eigenvalue weighted by Crippen LogP contribution is -2.12. The maximum atomic E-state index is 10.4. The lowest BCUT2D eigenvalue weighted by Gasteiger charge is -2.07. The molecular formula is C22H44O3. The third kappa shape index (κ3) is 21.4. The minimum absolute atomic E-state index is 0.112. The highest BCUT2D eigenvalue weighted by atomic mass is 16.4. The van der Waals surface area contributed by atoms with E-state index in [2.05, 4.69) is 6.92 Å². The molecule has 0 radical (unpaired) electrons. The molecule has 0 aliphatic heterocycles. The maximum absolute atomic E-state index is 10.4. The van der Waals surface area contributed by atoms with Crippen molar-refractivity contribution in [2.75, 3.05) is 0 Å². The number of hydrogen-bond donors (Lipinski definition) is 2. The van der Waals surface area contributed by atoms with Crippen LogP contribution in [0.25, 0.3) is 0 Å². The normalized spacial score (nSPS) is 12.4. The minimum atomic E-state index is -0.903. The Morgan fingerprint density at radius 1 is 0.640 bits per heavy atom. The molecule has 0 rings (SSSR count). The fraction of sp³-hybridized carbons (Fsp3) is 0.955. The molecule has 0 amide bonds. The van der Waals surface area contributed by atoms with E-state index in [-0.39, 0.29) is 6.42 Å². The standard InChI is InChI=1S/C22H44O3/c1-2-3-4-5-6-7-8-9-10-11-12-13-14-15-16-17-18-19-21(23)20-22(24)25/h21,23H,2-20H2,1H3,(H,24,25)/t21-/m1/s1. The van der Waals surface area contributed by atoms with Crippen LogP contribution in [0.15, 0.2) is 0 Å². The monoisotopic (exact) mass is 356 g/mol. The predicted octanol–water partition coefficient (Wildman–Crippen LogP) is 6.86. The summed E-state index contributed by atoms with van der Waals surface area (Å²) in [5.74, 6) is -0.903. The second-order valence-electron chi connectivity index (χ2n) is 7.70. The van der Waals surface area contributed by atoms with Crippen molar-refractivity contribution in [2.45, 2.75) is 135 Å². The Morgan fingerprint density at radius 2 is 0.960 bits per heavy atom.